The van der Waals surface area contributed by atoms with Gasteiger partial charge in [0.15, 0.2) is 0 Å². The zero-order valence-electron chi connectivity index (χ0n) is 12.0. The fourth-order valence-corrected chi connectivity index (χ4v) is 2.07. The lowest BCUT2D eigenvalue weighted by atomic mass is 10.1. The second-order valence-electron chi connectivity index (χ2n) is 4.66. The molecule has 1 N–H and O–H groups in total. The van der Waals surface area contributed by atoms with Crippen LogP contribution in [-0.4, -0.2) is 25.2 Å². The molecule has 1 aromatic rings. The summed E-state index contributed by atoms with van der Waals surface area (Å²) >= 11 is 0. The molecular weight excluding hydrogens is 238 g/mol. The summed E-state index contributed by atoms with van der Waals surface area (Å²) in [6.07, 6.45) is 4.07. The van der Waals surface area contributed by atoms with Crippen LogP contribution in [0.15, 0.2) is 30.3 Å². The van der Waals surface area contributed by atoms with E-state index in [1.807, 2.05) is 37.3 Å². The average molecular weight is 263 g/mol. The van der Waals surface area contributed by atoms with Crippen LogP contribution in [-0.2, 0) is 4.74 Å². The summed E-state index contributed by atoms with van der Waals surface area (Å²) in [5.41, 5.74) is 0.730. The van der Waals surface area contributed by atoms with E-state index >= 15 is 0 Å². The zero-order chi connectivity index (χ0) is 13.9. The Kier molecular flexibility index (Phi) is 7.91. The average Bonchev–Trinajstić information content (AvgIpc) is 2.44. The number of hydrogen-bond acceptors (Lipinski definition) is 2. The molecule has 3 nitrogen and oxygen atoms in total. The summed E-state index contributed by atoms with van der Waals surface area (Å²) in [5, 5.41) is 3.12. The number of ether oxygens (including phenoxy) is 1. The minimum Gasteiger partial charge on any atom is -0.382 e. The summed E-state index contributed by atoms with van der Waals surface area (Å²) in [4.78, 5) is 12.1. The Bertz CT molecular complexity index is 351. The summed E-state index contributed by atoms with van der Waals surface area (Å²) < 4.78 is 5.34. The van der Waals surface area contributed by atoms with Gasteiger partial charge in [-0.15, -0.1) is 0 Å². The molecule has 1 unspecified atom stereocenters. The van der Waals surface area contributed by atoms with Crippen LogP contribution in [0.1, 0.15) is 49.9 Å². The molecule has 19 heavy (non-hydrogen) atoms. The largest absolute Gasteiger partial charge is 0.382 e. The maximum absolute atomic E-state index is 12.1. The van der Waals surface area contributed by atoms with Crippen LogP contribution < -0.4 is 5.32 Å². The van der Waals surface area contributed by atoms with Gasteiger partial charge in [-0.05, 0) is 38.3 Å². The van der Waals surface area contributed by atoms with E-state index in [9.17, 15) is 4.79 Å². The molecule has 0 aliphatic heterocycles. The van der Waals surface area contributed by atoms with E-state index in [-0.39, 0.29) is 11.9 Å². The smallest absolute Gasteiger partial charge is 0.251 e. The normalized spacial score (nSPS) is 12.1. The number of nitrogens with one attached hydrogen (secondary N) is 1. The van der Waals surface area contributed by atoms with Gasteiger partial charge in [-0.3, -0.25) is 4.79 Å². The van der Waals surface area contributed by atoms with Crippen LogP contribution in [0.5, 0.6) is 0 Å². The number of carbonyl (C=O) groups excluding carboxylic acids is 1. The molecule has 0 saturated carbocycles. The van der Waals surface area contributed by atoms with Crippen LogP contribution in [0.2, 0.25) is 0 Å². The summed E-state index contributed by atoms with van der Waals surface area (Å²) in [6, 6.07) is 9.63. The second-order valence-corrected chi connectivity index (χ2v) is 4.66. The van der Waals surface area contributed by atoms with Crippen molar-refractivity contribution in [1.82, 2.24) is 5.32 Å². The van der Waals surface area contributed by atoms with E-state index < -0.39 is 0 Å². The van der Waals surface area contributed by atoms with E-state index in [4.69, 9.17) is 4.74 Å². The zero-order valence-corrected chi connectivity index (χ0v) is 12.0. The van der Waals surface area contributed by atoms with Crippen molar-refractivity contribution in [3.63, 3.8) is 0 Å². The van der Waals surface area contributed by atoms with E-state index in [0.717, 1.165) is 44.5 Å². The van der Waals surface area contributed by atoms with Gasteiger partial charge in [-0.1, -0.05) is 31.5 Å². The topological polar surface area (TPSA) is 38.3 Å². The van der Waals surface area contributed by atoms with Gasteiger partial charge >= 0.3 is 0 Å². The predicted octanol–water partition coefficient (Wildman–Crippen LogP) is 3.40. The highest BCUT2D eigenvalue weighted by molar-refractivity contribution is 5.94. The molecule has 0 saturated heterocycles. The third-order valence-electron chi connectivity index (χ3n) is 3.05. The Morgan fingerprint density at radius 2 is 1.95 bits per heavy atom. The molecule has 0 fully saturated rings. The van der Waals surface area contributed by atoms with Gasteiger partial charge in [0, 0.05) is 24.8 Å². The lowest BCUT2D eigenvalue weighted by molar-refractivity contribution is 0.0925. The third-order valence-corrected chi connectivity index (χ3v) is 3.05. The van der Waals surface area contributed by atoms with Crippen molar-refractivity contribution in [1.29, 1.82) is 0 Å². The fourth-order valence-electron chi connectivity index (χ4n) is 2.07. The van der Waals surface area contributed by atoms with Crippen molar-refractivity contribution in [2.24, 2.45) is 0 Å². The molecule has 0 aliphatic rings. The van der Waals surface area contributed by atoms with Crippen molar-refractivity contribution in [2.45, 2.75) is 45.6 Å². The Morgan fingerprint density at radius 3 is 2.58 bits per heavy atom. The lowest BCUT2D eigenvalue weighted by Gasteiger charge is -2.18. The maximum atomic E-state index is 12.1. The van der Waals surface area contributed by atoms with Crippen molar-refractivity contribution in [3.05, 3.63) is 35.9 Å². The second kappa shape index (κ2) is 9.56. The van der Waals surface area contributed by atoms with Crippen molar-refractivity contribution >= 4 is 5.91 Å². The molecule has 0 bridgehead atoms. The van der Waals surface area contributed by atoms with Crippen molar-refractivity contribution in [3.8, 4) is 0 Å². The maximum Gasteiger partial charge on any atom is 0.251 e. The number of rotatable bonds is 9. The van der Waals surface area contributed by atoms with E-state index in [1.54, 1.807) is 0 Å². The SMILES string of the molecule is CCCC(CCCOCC)NC(=O)c1ccccc1. The van der Waals surface area contributed by atoms with Gasteiger partial charge in [0.25, 0.3) is 5.91 Å². The van der Waals surface area contributed by atoms with E-state index in [0.29, 0.717) is 0 Å². The Hall–Kier alpha value is -1.35. The van der Waals surface area contributed by atoms with Crippen molar-refractivity contribution < 1.29 is 9.53 Å². The minimum atomic E-state index is 0.0236. The molecule has 0 radical (unpaired) electrons. The molecule has 0 aromatic heterocycles. The monoisotopic (exact) mass is 263 g/mol. The molecule has 1 aromatic carbocycles. The van der Waals surface area contributed by atoms with E-state index in [1.165, 1.54) is 0 Å². The molecule has 1 atom stereocenters. The van der Waals surface area contributed by atoms with Crippen molar-refractivity contribution in [2.75, 3.05) is 13.2 Å². The first-order valence-corrected chi connectivity index (χ1v) is 7.21. The number of hydrogen-bond donors (Lipinski definition) is 1. The van der Waals surface area contributed by atoms with Gasteiger partial charge in [0.2, 0.25) is 0 Å². The van der Waals surface area contributed by atoms with Gasteiger partial charge in [0.1, 0.15) is 0 Å². The first kappa shape index (κ1) is 15.7. The first-order valence-electron chi connectivity index (χ1n) is 7.21. The minimum absolute atomic E-state index is 0.0236. The van der Waals surface area contributed by atoms with Crippen LogP contribution in [0.3, 0.4) is 0 Å². The highest BCUT2D eigenvalue weighted by atomic mass is 16.5. The van der Waals surface area contributed by atoms with Gasteiger partial charge in [-0.25, -0.2) is 0 Å². The van der Waals surface area contributed by atoms with Gasteiger partial charge in [0.05, 0.1) is 0 Å². The Morgan fingerprint density at radius 1 is 1.21 bits per heavy atom. The van der Waals surface area contributed by atoms with Crippen LogP contribution in [0.25, 0.3) is 0 Å². The third kappa shape index (κ3) is 6.39. The predicted molar refractivity (Wildman–Crippen MR) is 78.3 cm³/mol. The lowest BCUT2D eigenvalue weighted by Crippen LogP contribution is -2.35. The van der Waals surface area contributed by atoms with Crippen LogP contribution >= 0.6 is 0 Å². The fraction of sp³-hybridized carbons (Fsp3) is 0.562. The summed E-state index contributed by atoms with van der Waals surface area (Å²) in [5.74, 6) is 0.0236. The first-order chi connectivity index (χ1) is 9.27. The summed E-state index contributed by atoms with van der Waals surface area (Å²) in [6.45, 7) is 5.68. The molecule has 106 valence electrons. The quantitative estimate of drug-likeness (QED) is 0.693. The Balaban J connectivity index is 2.41. The standard InChI is InChI=1S/C16H25NO2/c1-3-9-15(12-8-13-19-4-2)17-16(18)14-10-6-5-7-11-14/h5-7,10-11,15H,3-4,8-9,12-13H2,1-2H3,(H,17,18). The van der Waals surface area contributed by atoms with Gasteiger partial charge < -0.3 is 10.1 Å². The van der Waals surface area contributed by atoms with Crippen LogP contribution in [0.4, 0.5) is 0 Å². The van der Waals surface area contributed by atoms with E-state index in [2.05, 4.69) is 12.2 Å². The van der Waals surface area contributed by atoms with Gasteiger partial charge in [-0.2, -0.15) is 0 Å². The molecule has 1 amide bonds. The Labute approximate surface area is 116 Å². The number of benzene rings is 1. The highest BCUT2D eigenvalue weighted by Crippen LogP contribution is 2.07. The molecule has 0 spiro atoms. The molecule has 0 heterocycles. The molecular formula is C16H25NO2. The molecule has 1 rings (SSSR count). The molecule has 0 aliphatic carbocycles. The highest BCUT2D eigenvalue weighted by Gasteiger charge is 2.12. The van der Waals surface area contributed by atoms with Crippen LogP contribution in [0, 0.1) is 0 Å². The number of carbonyl (C=O) groups is 1. The summed E-state index contributed by atoms with van der Waals surface area (Å²) in [7, 11) is 0. The number of amides is 1. The molecule has 3 heteroatoms.